The van der Waals surface area contributed by atoms with Crippen LogP contribution in [0.25, 0.3) is 0 Å². The molecule has 5 heteroatoms. The van der Waals surface area contributed by atoms with Crippen molar-refractivity contribution >= 4 is 24.2 Å². The molecule has 2 rings (SSSR count). The zero-order valence-electron chi connectivity index (χ0n) is 8.76. The van der Waals surface area contributed by atoms with E-state index in [9.17, 15) is 4.79 Å². The molecule has 1 unspecified atom stereocenters. The van der Waals surface area contributed by atoms with Crippen molar-refractivity contribution in [1.29, 1.82) is 0 Å². The van der Waals surface area contributed by atoms with E-state index >= 15 is 0 Å². The predicted molar refractivity (Wildman–Crippen MR) is 62.2 cm³/mol. The topological polar surface area (TPSA) is 38.1 Å². The van der Waals surface area contributed by atoms with Crippen molar-refractivity contribution in [3.05, 3.63) is 12.4 Å². The Balaban J connectivity index is 2.14. The van der Waals surface area contributed by atoms with Crippen molar-refractivity contribution < 1.29 is 4.79 Å². The summed E-state index contributed by atoms with van der Waals surface area (Å²) in [4.78, 5) is 13.5. The molecule has 1 fully saturated rings. The normalized spacial score (nSPS) is 21.3. The number of hydrogen-bond acceptors (Lipinski definition) is 3. The molecule has 0 radical (unpaired) electrons. The summed E-state index contributed by atoms with van der Waals surface area (Å²) in [7, 11) is 0. The van der Waals surface area contributed by atoms with Crippen LogP contribution in [0.2, 0.25) is 0 Å². The van der Waals surface area contributed by atoms with Crippen LogP contribution in [-0.2, 0) is 11.3 Å². The monoisotopic (exact) mass is 225 g/mol. The first-order chi connectivity index (χ1) is 7.24. The van der Waals surface area contributed by atoms with Crippen LogP contribution in [0.1, 0.15) is 13.3 Å². The van der Waals surface area contributed by atoms with E-state index in [1.54, 1.807) is 11.1 Å². The van der Waals surface area contributed by atoms with Crippen molar-refractivity contribution in [2.45, 2.75) is 19.9 Å². The van der Waals surface area contributed by atoms with E-state index < -0.39 is 0 Å². The minimum absolute atomic E-state index is 0.185. The van der Waals surface area contributed by atoms with E-state index in [0.29, 0.717) is 12.3 Å². The predicted octanol–water partition coefficient (Wildman–Crippen LogP) is 1.19. The molecule has 1 aliphatic heterocycles. The first-order valence-corrected chi connectivity index (χ1v) is 5.81. The van der Waals surface area contributed by atoms with Gasteiger partial charge in [-0.1, -0.05) is 0 Å². The average molecular weight is 225 g/mol. The van der Waals surface area contributed by atoms with Gasteiger partial charge >= 0.3 is 0 Å². The van der Waals surface area contributed by atoms with Gasteiger partial charge in [0.15, 0.2) is 0 Å². The molecule has 15 heavy (non-hydrogen) atoms. The number of aromatic nitrogens is 2. The number of anilines is 1. The van der Waals surface area contributed by atoms with Crippen molar-refractivity contribution in [2.24, 2.45) is 5.92 Å². The number of carbonyl (C=O) groups is 1. The van der Waals surface area contributed by atoms with Crippen molar-refractivity contribution in [3.63, 3.8) is 0 Å². The molecule has 0 bridgehead atoms. The molecule has 1 aliphatic rings. The summed E-state index contributed by atoms with van der Waals surface area (Å²) in [5.41, 5.74) is 0.908. The third-order valence-electron chi connectivity index (χ3n) is 2.72. The molecular formula is C10H15N3OS. The SMILES string of the molecule is CCn1cc(N2CC(CS)CC2=O)cn1. The van der Waals surface area contributed by atoms with E-state index in [0.717, 1.165) is 24.5 Å². The summed E-state index contributed by atoms with van der Waals surface area (Å²) in [5, 5.41) is 4.17. The highest BCUT2D eigenvalue weighted by Crippen LogP contribution is 2.24. The number of hydrogen-bond donors (Lipinski definition) is 1. The van der Waals surface area contributed by atoms with Crippen LogP contribution in [0, 0.1) is 5.92 Å². The summed E-state index contributed by atoms with van der Waals surface area (Å²) in [6.07, 6.45) is 4.28. The minimum Gasteiger partial charge on any atom is -0.309 e. The molecule has 1 aromatic rings. The lowest BCUT2D eigenvalue weighted by Crippen LogP contribution is -2.24. The lowest BCUT2D eigenvalue weighted by atomic mass is 10.1. The van der Waals surface area contributed by atoms with Crippen LogP contribution >= 0.6 is 12.6 Å². The Morgan fingerprint density at radius 2 is 2.47 bits per heavy atom. The van der Waals surface area contributed by atoms with Gasteiger partial charge in [0.1, 0.15) is 0 Å². The van der Waals surface area contributed by atoms with Crippen LogP contribution in [0.15, 0.2) is 12.4 Å². The van der Waals surface area contributed by atoms with Gasteiger partial charge in [-0.3, -0.25) is 9.48 Å². The van der Waals surface area contributed by atoms with E-state index in [-0.39, 0.29) is 5.91 Å². The maximum Gasteiger partial charge on any atom is 0.227 e. The number of carbonyl (C=O) groups excluding carboxylic acids is 1. The number of aryl methyl sites for hydroxylation is 1. The van der Waals surface area contributed by atoms with Gasteiger partial charge in [0, 0.05) is 25.7 Å². The highest BCUT2D eigenvalue weighted by atomic mass is 32.1. The Morgan fingerprint density at radius 3 is 3.00 bits per heavy atom. The van der Waals surface area contributed by atoms with Gasteiger partial charge in [-0.2, -0.15) is 17.7 Å². The summed E-state index contributed by atoms with van der Waals surface area (Å²) >= 11 is 4.23. The van der Waals surface area contributed by atoms with Crippen molar-refractivity contribution in [3.8, 4) is 0 Å². The molecule has 0 aromatic carbocycles. The fourth-order valence-electron chi connectivity index (χ4n) is 1.82. The summed E-state index contributed by atoms with van der Waals surface area (Å²) in [6.45, 7) is 3.63. The van der Waals surface area contributed by atoms with Gasteiger partial charge in [-0.05, 0) is 18.6 Å². The first kappa shape index (κ1) is 10.5. The van der Waals surface area contributed by atoms with E-state index in [2.05, 4.69) is 17.7 Å². The van der Waals surface area contributed by atoms with E-state index in [1.807, 2.05) is 17.8 Å². The number of nitrogens with zero attached hydrogens (tertiary/aromatic N) is 3. The van der Waals surface area contributed by atoms with Gasteiger partial charge in [0.25, 0.3) is 0 Å². The molecule has 0 saturated carbocycles. The zero-order valence-corrected chi connectivity index (χ0v) is 9.65. The van der Waals surface area contributed by atoms with E-state index in [4.69, 9.17) is 0 Å². The second-order valence-electron chi connectivity index (χ2n) is 3.81. The summed E-state index contributed by atoms with van der Waals surface area (Å²) in [6, 6.07) is 0. The Morgan fingerprint density at radius 1 is 1.67 bits per heavy atom. The second-order valence-corrected chi connectivity index (χ2v) is 4.18. The lowest BCUT2D eigenvalue weighted by molar-refractivity contribution is -0.117. The molecule has 1 saturated heterocycles. The molecule has 4 nitrogen and oxygen atoms in total. The second kappa shape index (κ2) is 4.26. The highest BCUT2D eigenvalue weighted by Gasteiger charge is 2.30. The van der Waals surface area contributed by atoms with Crippen LogP contribution in [-0.4, -0.2) is 28.0 Å². The Hall–Kier alpha value is -0.970. The minimum atomic E-state index is 0.185. The molecule has 1 atom stereocenters. The third kappa shape index (κ3) is 2.02. The van der Waals surface area contributed by atoms with Crippen molar-refractivity contribution in [2.75, 3.05) is 17.2 Å². The van der Waals surface area contributed by atoms with Gasteiger partial charge < -0.3 is 4.90 Å². The zero-order chi connectivity index (χ0) is 10.8. The largest absolute Gasteiger partial charge is 0.309 e. The maximum absolute atomic E-state index is 11.7. The number of thiol groups is 1. The lowest BCUT2D eigenvalue weighted by Gasteiger charge is -2.13. The average Bonchev–Trinajstić information content (AvgIpc) is 2.83. The Labute approximate surface area is 94.7 Å². The molecule has 1 aromatic heterocycles. The van der Waals surface area contributed by atoms with Crippen LogP contribution in [0.3, 0.4) is 0 Å². The highest BCUT2D eigenvalue weighted by molar-refractivity contribution is 7.80. The Bertz CT molecular complexity index is 363. The molecule has 82 valence electrons. The van der Waals surface area contributed by atoms with Crippen LogP contribution in [0.4, 0.5) is 5.69 Å². The molecule has 0 aliphatic carbocycles. The van der Waals surface area contributed by atoms with Crippen LogP contribution in [0.5, 0.6) is 0 Å². The maximum atomic E-state index is 11.7. The molecule has 0 spiro atoms. The first-order valence-electron chi connectivity index (χ1n) is 5.18. The van der Waals surface area contributed by atoms with Crippen molar-refractivity contribution in [1.82, 2.24) is 9.78 Å². The van der Waals surface area contributed by atoms with Gasteiger partial charge in [-0.15, -0.1) is 0 Å². The summed E-state index contributed by atoms with van der Waals surface area (Å²) in [5.74, 6) is 1.33. The van der Waals surface area contributed by atoms with Crippen LogP contribution < -0.4 is 4.90 Å². The van der Waals surface area contributed by atoms with Gasteiger partial charge in [0.2, 0.25) is 5.91 Å². The standard InChI is InChI=1S/C10H15N3OS/c1-2-12-6-9(4-11-12)13-5-8(7-15)3-10(13)14/h4,6,8,15H,2-3,5,7H2,1H3. The quantitative estimate of drug-likeness (QED) is 0.785. The summed E-state index contributed by atoms with van der Waals surface area (Å²) < 4.78 is 1.83. The van der Waals surface area contributed by atoms with Gasteiger partial charge in [0.05, 0.1) is 11.9 Å². The van der Waals surface area contributed by atoms with E-state index in [1.165, 1.54) is 0 Å². The molecule has 1 amide bonds. The number of rotatable bonds is 3. The fraction of sp³-hybridized carbons (Fsp3) is 0.600. The third-order valence-corrected chi connectivity index (χ3v) is 3.24. The van der Waals surface area contributed by atoms with Gasteiger partial charge in [-0.25, -0.2) is 0 Å². The molecule has 2 heterocycles. The molecular weight excluding hydrogens is 210 g/mol. The molecule has 0 N–H and O–H groups in total. The smallest absolute Gasteiger partial charge is 0.227 e. The number of amides is 1. The Kier molecular flexibility index (Phi) is 3.00. The fourth-order valence-corrected chi connectivity index (χ4v) is 2.06.